The second kappa shape index (κ2) is 52.2. The van der Waals surface area contributed by atoms with Crippen LogP contribution in [0.1, 0.15) is 245 Å². The average molecular weight is 891 g/mol. The van der Waals surface area contributed by atoms with E-state index in [0.717, 1.165) is 96.3 Å². The maximum absolute atomic E-state index is 12.8. The highest BCUT2D eigenvalue weighted by Gasteiger charge is 2.19. The summed E-state index contributed by atoms with van der Waals surface area (Å²) in [7, 11) is 0. The Balaban J connectivity index is 4.44. The molecule has 0 heterocycles. The first-order valence-electron chi connectivity index (χ1n) is 26.6. The molecule has 0 aliphatic rings. The second-order valence-electron chi connectivity index (χ2n) is 17.4. The van der Waals surface area contributed by atoms with Crippen LogP contribution >= 0.6 is 0 Å². The van der Waals surface area contributed by atoms with E-state index < -0.39 is 6.10 Å². The predicted octanol–water partition coefficient (Wildman–Crippen LogP) is 17.6. The first kappa shape index (κ1) is 60.6. The number of carbonyl (C=O) groups excluding carboxylic acids is 3. The van der Waals surface area contributed by atoms with Gasteiger partial charge in [-0.1, -0.05) is 209 Å². The molecular weight excluding hydrogens is 793 g/mol. The highest BCUT2D eigenvalue weighted by atomic mass is 16.6. The van der Waals surface area contributed by atoms with Crippen molar-refractivity contribution in [1.29, 1.82) is 0 Å². The lowest BCUT2D eigenvalue weighted by Gasteiger charge is -2.18. The number of hydrogen-bond donors (Lipinski definition) is 0. The van der Waals surface area contributed by atoms with Crippen LogP contribution in [0.4, 0.5) is 0 Å². The third kappa shape index (κ3) is 49.6. The Morgan fingerprint density at radius 2 is 0.672 bits per heavy atom. The van der Waals surface area contributed by atoms with Gasteiger partial charge < -0.3 is 14.2 Å². The molecule has 0 spiro atoms. The van der Waals surface area contributed by atoms with Crippen molar-refractivity contribution in [2.24, 2.45) is 0 Å². The number of carbonyl (C=O) groups is 3. The van der Waals surface area contributed by atoms with Crippen LogP contribution < -0.4 is 0 Å². The lowest BCUT2D eigenvalue weighted by atomic mass is 10.1. The quantitative estimate of drug-likeness (QED) is 0.0199. The summed E-state index contributed by atoms with van der Waals surface area (Å²) in [6.07, 6.45) is 67.2. The molecule has 0 rings (SSSR count). The minimum atomic E-state index is -0.807. The van der Waals surface area contributed by atoms with Gasteiger partial charge in [-0.3, -0.25) is 14.4 Å². The van der Waals surface area contributed by atoms with Crippen molar-refractivity contribution in [2.45, 2.75) is 252 Å². The monoisotopic (exact) mass is 891 g/mol. The van der Waals surface area contributed by atoms with Gasteiger partial charge >= 0.3 is 17.9 Å². The molecule has 366 valence electrons. The fourth-order valence-electron chi connectivity index (χ4n) is 7.13. The van der Waals surface area contributed by atoms with E-state index >= 15 is 0 Å². The predicted molar refractivity (Wildman–Crippen MR) is 274 cm³/mol. The van der Waals surface area contributed by atoms with Crippen molar-refractivity contribution >= 4 is 17.9 Å². The van der Waals surface area contributed by atoms with Gasteiger partial charge in [-0.2, -0.15) is 0 Å². The normalized spacial score (nSPS) is 12.7. The number of unbranched alkanes of at least 4 members (excludes halogenated alkanes) is 23. The SMILES string of the molecule is CC/C=C\C/C=C\C/C=C\CCCC(=O)OCC(COC(=O)CCCCCCC/C=C\C=C/CCCCCCCCC)OC(=O)CCCCCCCCC/C=C\C/C=C\CCCCC. The van der Waals surface area contributed by atoms with Gasteiger partial charge in [0.25, 0.3) is 0 Å². The number of rotatable bonds is 47. The minimum Gasteiger partial charge on any atom is -0.462 e. The summed E-state index contributed by atoms with van der Waals surface area (Å²) in [6.45, 7) is 6.42. The van der Waals surface area contributed by atoms with E-state index in [-0.39, 0.29) is 37.5 Å². The van der Waals surface area contributed by atoms with Crippen molar-refractivity contribution in [3.8, 4) is 0 Å². The second-order valence-corrected chi connectivity index (χ2v) is 17.4. The van der Waals surface area contributed by atoms with Crippen LogP contribution in [0.3, 0.4) is 0 Å². The number of ether oxygens (including phenoxy) is 3. The van der Waals surface area contributed by atoms with E-state index in [0.29, 0.717) is 19.3 Å². The van der Waals surface area contributed by atoms with Crippen LogP contribution in [0.15, 0.2) is 85.1 Å². The van der Waals surface area contributed by atoms with Crippen LogP contribution in [0.25, 0.3) is 0 Å². The number of hydrogen-bond acceptors (Lipinski definition) is 6. The molecular formula is C58H98O6. The summed E-state index contributed by atoms with van der Waals surface area (Å²) in [4.78, 5) is 38.0. The first-order chi connectivity index (χ1) is 31.5. The van der Waals surface area contributed by atoms with E-state index in [1.54, 1.807) is 0 Å². The van der Waals surface area contributed by atoms with Crippen molar-refractivity contribution < 1.29 is 28.6 Å². The Labute approximate surface area is 395 Å². The Morgan fingerprint density at radius 1 is 0.344 bits per heavy atom. The molecule has 0 N–H and O–H groups in total. The first-order valence-corrected chi connectivity index (χ1v) is 26.6. The Hall–Kier alpha value is -3.41. The molecule has 0 aliphatic carbocycles. The molecule has 0 fully saturated rings. The molecule has 0 saturated carbocycles. The maximum atomic E-state index is 12.8. The molecule has 0 bridgehead atoms. The Kier molecular flexibility index (Phi) is 49.4. The highest BCUT2D eigenvalue weighted by Crippen LogP contribution is 2.14. The maximum Gasteiger partial charge on any atom is 0.306 e. The van der Waals surface area contributed by atoms with Gasteiger partial charge in [-0.15, -0.1) is 0 Å². The molecule has 0 aromatic rings. The Bertz CT molecular complexity index is 1250. The molecule has 0 amide bonds. The van der Waals surface area contributed by atoms with Gasteiger partial charge in [0.05, 0.1) is 0 Å². The summed E-state index contributed by atoms with van der Waals surface area (Å²) >= 11 is 0. The zero-order valence-electron chi connectivity index (χ0n) is 41.8. The lowest BCUT2D eigenvalue weighted by Crippen LogP contribution is -2.30. The fourth-order valence-corrected chi connectivity index (χ4v) is 7.13. The van der Waals surface area contributed by atoms with Gasteiger partial charge in [-0.05, 0) is 103 Å². The van der Waals surface area contributed by atoms with Gasteiger partial charge in [0, 0.05) is 19.3 Å². The van der Waals surface area contributed by atoms with Crippen LogP contribution in [0.5, 0.6) is 0 Å². The highest BCUT2D eigenvalue weighted by molar-refractivity contribution is 5.71. The fraction of sp³-hybridized carbons (Fsp3) is 0.707. The van der Waals surface area contributed by atoms with E-state index in [1.807, 2.05) is 0 Å². The topological polar surface area (TPSA) is 78.9 Å². The van der Waals surface area contributed by atoms with Crippen LogP contribution in [-0.4, -0.2) is 37.2 Å². The molecule has 1 atom stereocenters. The van der Waals surface area contributed by atoms with Crippen LogP contribution in [0.2, 0.25) is 0 Å². The third-order valence-electron chi connectivity index (χ3n) is 11.1. The smallest absolute Gasteiger partial charge is 0.306 e. The van der Waals surface area contributed by atoms with Crippen molar-refractivity contribution in [1.82, 2.24) is 0 Å². The molecule has 0 aromatic carbocycles. The molecule has 0 aromatic heterocycles. The van der Waals surface area contributed by atoms with E-state index in [1.165, 1.54) is 103 Å². The minimum absolute atomic E-state index is 0.104. The van der Waals surface area contributed by atoms with Crippen molar-refractivity contribution in [3.05, 3.63) is 85.1 Å². The van der Waals surface area contributed by atoms with Crippen molar-refractivity contribution in [3.63, 3.8) is 0 Å². The zero-order valence-corrected chi connectivity index (χ0v) is 41.8. The largest absolute Gasteiger partial charge is 0.462 e. The summed E-state index contributed by atoms with van der Waals surface area (Å²) in [6, 6.07) is 0. The van der Waals surface area contributed by atoms with E-state index in [9.17, 15) is 14.4 Å². The number of allylic oxidation sites excluding steroid dienone is 14. The molecule has 64 heavy (non-hydrogen) atoms. The number of esters is 3. The summed E-state index contributed by atoms with van der Waals surface area (Å²) in [5, 5.41) is 0. The van der Waals surface area contributed by atoms with Crippen LogP contribution in [0, 0.1) is 0 Å². The van der Waals surface area contributed by atoms with E-state index in [4.69, 9.17) is 14.2 Å². The molecule has 0 radical (unpaired) electrons. The molecule has 1 unspecified atom stereocenters. The standard InChI is InChI=1S/C58H98O6/c1-4-7-10-13-16-19-22-24-26-28-30-31-33-36-39-42-45-48-51-57(60)63-54-55(53-62-56(59)50-47-44-41-38-35-21-18-15-12-9-6-3)64-58(61)52-49-46-43-40-37-34-32-29-27-25-23-20-17-14-11-8-5-2/h9,12,17-18,20-21,25-28,30-31,38,41,55H,4-8,10-11,13-16,19,22-24,29,32-37,39-40,42-54H2,1-3H3/b12-9-,20-17-,21-18-,27-25-,28-26-,31-30-,41-38-. The molecule has 0 aliphatic heterocycles. The zero-order chi connectivity index (χ0) is 46.5. The Morgan fingerprint density at radius 3 is 1.14 bits per heavy atom. The summed E-state index contributed by atoms with van der Waals surface area (Å²) in [5.41, 5.74) is 0. The van der Waals surface area contributed by atoms with Crippen molar-refractivity contribution in [2.75, 3.05) is 13.2 Å². The van der Waals surface area contributed by atoms with Gasteiger partial charge in [0.1, 0.15) is 13.2 Å². The molecule has 0 saturated heterocycles. The molecule has 6 heteroatoms. The van der Waals surface area contributed by atoms with Gasteiger partial charge in [0.2, 0.25) is 0 Å². The lowest BCUT2D eigenvalue weighted by molar-refractivity contribution is -0.167. The summed E-state index contributed by atoms with van der Waals surface area (Å²) in [5.74, 6) is -0.982. The van der Waals surface area contributed by atoms with Crippen LogP contribution in [-0.2, 0) is 28.6 Å². The molecule has 6 nitrogen and oxygen atoms in total. The van der Waals surface area contributed by atoms with Gasteiger partial charge in [0.15, 0.2) is 6.10 Å². The average Bonchev–Trinajstić information content (AvgIpc) is 3.29. The third-order valence-corrected chi connectivity index (χ3v) is 11.1. The summed E-state index contributed by atoms with van der Waals surface area (Å²) < 4.78 is 16.7. The van der Waals surface area contributed by atoms with Gasteiger partial charge in [-0.25, -0.2) is 0 Å². The van der Waals surface area contributed by atoms with E-state index in [2.05, 4.69) is 106 Å².